The number of sulfonamides is 1. The first-order valence-corrected chi connectivity index (χ1v) is 12.0. The van der Waals surface area contributed by atoms with Crippen LogP contribution in [0.4, 0.5) is 13.2 Å². The van der Waals surface area contributed by atoms with Crippen molar-refractivity contribution in [1.82, 2.24) is 14.2 Å². The van der Waals surface area contributed by atoms with Crippen molar-refractivity contribution in [3.63, 3.8) is 0 Å². The fourth-order valence-electron chi connectivity index (χ4n) is 3.98. The third kappa shape index (κ3) is 4.77. The van der Waals surface area contributed by atoms with E-state index in [9.17, 15) is 31.5 Å². The number of carbonyl (C=O) groups excluding carboxylic acids is 1. The molecule has 34 heavy (non-hydrogen) atoms. The molecule has 0 radical (unpaired) electrons. The molecule has 1 aliphatic heterocycles. The molecule has 1 N–H and O–H groups in total. The van der Waals surface area contributed by atoms with Crippen LogP contribution in [0, 0.1) is 0 Å². The van der Waals surface area contributed by atoms with Crippen molar-refractivity contribution in [3.8, 4) is 0 Å². The summed E-state index contributed by atoms with van der Waals surface area (Å²) in [6, 6.07) is 10.3. The maximum Gasteiger partial charge on any atom is 0.416 e. The van der Waals surface area contributed by atoms with Gasteiger partial charge in [-0.25, -0.2) is 8.42 Å². The first kappa shape index (κ1) is 24.1. The molecule has 1 fully saturated rings. The van der Waals surface area contributed by atoms with Crippen molar-refractivity contribution in [2.75, 3.05) is 26.2 Å². The Morgan fingerprint density at radius 2 is 1.74 bits per heavy atom. The van der Waals surface area contributed by atoms with Gasteiger partial charge in [-0.3, -0.25) is 9.78 Å². The van der Waals surface area contributed by atoms with Crippen molar-refractivity contribution < 1.29 is 31.5 Å². The number of fused-ring (bicyclic) bond motifs is 1. The van der Waals surface area contributed by atoms with Crippen molar-refractivity contribution in [3.05, 3.63) is 72.1 Å². The second kappa shape index (κ2) is 9.32. The second-order valence-corrected chi connectivity index (χ2v) is 9.86. The fourth-order valence-corrected chi connectivity index (χ4v) is 5.67. The molecule has 4 rings (SSSR count). The summed E-state index contributed by atoms with van der Waals surface area (Å²) >= 11 is 0. The van der Waals surface area contributed by atoms with Gasteiger partial charge in [0.25, 0.3) is 5.91 Å². The van der Waals surface area contributed by atoms with Crippen molar-refractivity contribution in [2.24, 2.45) is 0 Å². The molecule has 0 spiro atoms. The number of nitrogens with zero attached hydrogens (tertiary/aromatic N) is 3. The van der Waals surface area contributed by atoms with Gasteiger partial charge in [0.2, 0.25) is 10.0 Å². The van der Waals surface area contributed by atoms with E-state index in [1.807, 2.05) is 0 Å². The zero-order chi connectivity index (χ0) is 24.5. The summed E-state index contributed by atoms with van der Waals surface area (Å²) in [5.41, 5.74) is -0.841. The number of aliphatic hydroxyl groups excluding tert-OH is 1. The summed E-state index contributed by atoms with van der Waals surface area (Å²) in [5.74, 6) is -0.685. The normalized spacial score (nSPS) is 16.9. The van der Waals surface area contributed by atoms with Crippen LogP contribution in [0.5, 0.6) is 0 Å². The van der Waals surface area contributed by atoms with Gasteiger partial charge in [0.15, 0.2) is 6.10 Å². The van der Waals surface area contributed by atoms with Gasteiger partial charge in [0, 0.05) is 49.3 Å². The molecule has 2 aromatic carbocycles. The molecular formula is C23H22F3N3O4S. The molecule has 0 saturated carbocycles. The number of carbonyl (C=O) groups is 1. The predicted molar refractivity (Wildman–Crippen MR) is 118 cm³/mol. The van der Waals surface area contributed by atoms with E-state index in [0.717, 1.165) is 24.3 Å². The number of hydrogen-bond donors (Lipinski definition) is 1. The number of hydrogen-bond acceptors (Lipinski definition) is 5. The standard InChI is InChI=1S/C23H22F3N3O4S/c24-23(25,26)18-7-5-16(6-8-18)21(30)22(31)28-11-2-12-29(14-13-28)34(32,33)20-4-1-3-17-15-27-10-9-19(17)20/h1,3-10,15,21,30H,2,11-14H2. The van der Waals surface area contributed by atoms with Crippen LogP contribution in [-0.4, -0.2) is 59.8 Å². The van der Waals surface area contributed by atoms with E-state index in [2.05, 4.69) is 4.98 Å². The number of alkyl halides is 3. The lowest BCUT2D eigenvalue weighted by molar-refractivity contribution is -0.140. The summed E-state index contributed by atoms with van der Waals surface area (Å²) in [7, 11) is -3.85. The Hall–Kier alpha value is -3.02. The highest BCUT2D eigenvalue weighted by Crippen LogP contribution is 2.30. The van der Waals surface area contributed by atoms with E-state index < -0.39 is 33.8 Å². The molecule has 1 saturated heterocycles. The summed E-state index contributed by atoms with van der Waals surface area (Å²) < 4.78 is 66.3. The molecule has 1 aliphatic rings. The Morgan fingerprint density at radius 3 is 2.44 bits per heavy atom. The number of benzene rings is 2. The van der Waals surface area contributed by atoms with Gasteiger partial charge in [-0.1, -0.05) is 24.3 Å². The lowest BCUT2D eigenvalue weighted by Gasteiger charge is -2.24. The van der Waals surface area contributed by atoms with Crippen LogP contribution >= 0.6 is 0 Å². The van der Waals surface area contributed by atoms with Crippen LogP contribution in [0.1, 0.15) is 23.7 Å². The smallest absolute Gasteiger partial charge is 0.378 e. The highest BCUT2D eigenvalue weighted by atomic mass is 32.2. The maximum atomic E-state index is 13.4. The minimum atomic E-state index is -4.52. The fraction of sp³-hybridized carbons (Fsp3) is 0.304. The van der Waals surface area contributed by atoms with Gasteiger partial charge in [-0.15, -0.1) is 0 Å². The van der Waals surface area contributed by atoms with Crippen LogP contribution in [0.2, 0.25) is 0 Å². The Kier molecular flexibility index (Phi) is 6.61. The predicted octanol–water partition coefficient (Wildman–Crippen LogP) is 3.21. The third-order valence-electron chi connectivity index (χ3n) is 5.81. The van der Waals surface area contributed by atoms with Gasteiger partial charge in [0.05, 0.1) is 10.5 Å². The molecule has 1 aromatic heterocycles. The number of aromatic nitrogens is 1. The van der Waals surface area contributed by atoms with Gasteiger partial charge in [-0.05, 0) is 36.2 Å². The monoisotopic (exact) mass is 493 g/mol. The molecule has 1 unspecified atom stereocenters. The third-order valence-corrected chi connectivity index (χ3v) is 7.77. The largest absolute Gasteiger partial charge is 0.416 e. The van der Waals surface area contributed by atoms with E-state index in [-0.39, 0.29) is 36.6 Å². The quantitative estimate of drug-likeness (QED) is 0.603. The Morgan fingerprint density at radius 1 is 1.00 bits per heavy atom. The average Bonchev–Trinajstić information content (AvgIpc) is 3.09. The summed E-state index contributed by atoms with van der Waals surface area (Å²) in [6.07, 6.45) is -2.71. The summed E-state index contributed by atoms with van der Waals surface area (Å²) in [4.78, 5) is 18.3. The Balaban J connectivity index is 1.49. The van der Waals surface area contributed by atoms with E-state index in [4.69, 9.17) is 0 Å². The molecule has 180 valence electrons. The van der Waals surface area contributed by atoms with Crippen molar-refractivity contribution in [2.45, 2.75) is 23.6 Å². The minimum absolute atomic E-state index is 0.0231. The molecule has 7 nitrogen and oxygen atoms in total. The first-order chi connectivity index (χ1) is 16.1. The van der Waals surface area contributed by atoms with Crippen LogP contribution in [0.3, 0.4) is 0 Å². The van der Waals surface area contributed by atoms with E-state index >= 15 is 0 Å². The number of amides is 1. The molecule has 11 heteroatoms. The van der Waals surface area contributed by atoms with Crippen LogP contribution in [-0.2, 0) is 21.0 Å². The molecule has 1 amide bonds. The van der Waals surface area contributed by atoms with Gasteiger partial charge in [0.1, 0.15) is 0 Å². The van der Waals surface area contributed by atoms with Crippen molar-refractivity contribution >= 4 is 26.7 Å². The maximum absolute atomic E-state index is 13.4. The van der Waals surface area contributed by atoms with E-state index in [1.165, 1.54) is 21.5 Å². The van der Waals surface area contributed by atoms with Crippen LogP contribution in [0.25, 0.3) is 10.8 Å². The summed E-state index contributed by atoms with van der Waals surface area (Å²) in [5, 5.41) is 11.7. The molecule has 1 atom stereocenters. The number of pyridine rings is 1. The average molecular weight is 494 g/mol. The number of halogens is 3. The Labute approximate surface area is 194 Å². The van der Waals surface area contributed by atoms with Crippen LogP contribution < -0.4 is 0 Å². The summed E-state index contributed by atoms with van der Waals surface area (Å²) in [6.45, 7) is 0.462. The van der Waals surface area contributed by atoms with Gasteiger partial charge in [-0.2, -0.15) is 17.5 Å². The van der Waals surface area contributed by atoms with E-state index in [0.29, 0.717) is 17.2 Å². The Bertz CT molecular complexity index is 1290. The number of aliphatic hydroxyl groups is 1. The molecular weight excluding hydrogens is 471 g/mol. The lowest BCUT2D eigenvalue weighted by atomic mass is 10.1. The number of rotatable bonds is 4. The minimum Gasteiger partial charge on any atom is -0.378 e. The van der Waals surface area contributed by atoms with E-state index in [1.54, 1.807) is 24.4 Å². The molecule has 3 aromatic rings. The highest BCUT2D eigenvalue weighted by molar-refractivity contribution is 7.89. The molecule has 2 heterocycles. The van der Waals surface area contributed by atoms with Crippen molar-refractivity contribution in [1.29, 1.82) is 0 Å². The zero-order valence-electron chi connectivity index (χ0n) is 17.9. The SMILES string of the molecule is O=C(C(O)c1ccc(C(F)(F)F)cc1)N1CCCN(S(=O)(=O)c2cccc3cnccc23)CC1. The molecule has 0 aliphatic carbocycles. The second-order valence-electron chi connectivity index (χ2n) is 7.96. The molecule has 0 bridgehead atoms. The zero-order valence-corrected chi connectivity index (χ0v) is 18.8. The van der Waals surface area contributed by atoms with Gasteiger partial charge < -0.3 is 10.0 Å². The first-order valence-electron chi connectivity index (χ1n) is 10.6. The highest BCUT2D eigenvalue weighted by Gasteiger charge is 2.33. The topological polar surface area (TPSA) is 90.8 Å². The lowest BCUT2D eigenvalue weighted by Crippen LogP contribution is -2.39. The van der Waals surface area contributed by atoms with Gasteiger partial charge >= 0.3 is 6.18 Å². The van der Waals surface area contributed by atoms with Crippen LogP contribution in [0.15, 0.2) is 65.8 Å².